The average Bonchev–Trinajstić information content (AvgIpc) is 3.34. The Labute approximate surface area is 154 Å². The molecule has 0 atom stereocenters. The summed E-state index contributed by atoms with van der Waals surface area (Å²) in [5.41, 5.74) is 2.51. The number of H-pyrrole nitrogens is 1. The zero-order valence-electron chi connectivity index (χ0n) is 14.1. The van der Waals surface area contributed by atoms with Crippen LogP contribution in [0.1, 0.15) is 47.7 Å². The summed E-state index contributed by atoms with van der Waals surface area (Å²) in [6, 6.07) is 10.5. The molecule has 26 heavy (non-hydrogen) atoms. The lowest BCUT2D eigenvalue weighted by molar-refractivity contribution is 0.0686. The summed E-state index contributed by atoms with van der Waals surface area (Å²) in [5.74, 6) is -0.460. The zero-order valence-corrected chi connectivity index (χ0v) is 14.9. The Balaban J connectivity index is 1.36. The van der Waals surface area contributed by atoms with Crippen LogP contribution in [0.25, 0.3) is 5.69 Å². The van der Waals surface area contributed by atoms with Gasteiger partial charge in [0.2, 0.25) is 0 Å². The molecule has 134 valence electrons. The molecule has 4 rings (SSSR count). The van der Waals surface area contributed by atoms with Crippen molar-refractivity contribution in [1.29, 1.82) is 0 Å². The lowest BCUT2D eigenvalue weighted by Crippen LogP contribution is -2.15. The van der Waals surface area contributed by atoms with Gasteiger partial charge in [-0.25, -0.2) is 9.48 Å². The monoisotopic (exact) mass is 369 g/mol. The van der Waals surface area contributed by atoms with E-state index in [9.17, 15) is 4.79 Å². The van der Waals surface area contributed by atoms with Crippen LogP contribution in [0, 0.1) is 0 Å². The summed E-state index contributed by atoms with van der Waals surface area (Å²) >= 11 is 1.53. The predicted molar refractivity (Wildman–Crippen MR) is 97.8 cm³/mol. The van der Waals surface area contributed by atoms with Gasteiger partial charge in [-0.05, 0) is 55.4 Å². The maximum atomic E-state index is 11.1. The van der Waals surface area contributed by atoms with Crippen molar-refractivity contribution in [1.82, 2.24) is 25.2 Å². The minimum Gasteiger partial charge on any atom is -0.476 e. The minimum absolute atomic E-state index is 0.0892. The third-order valence-electron chi connectivity index (χ3n) is 4.82. The first-order valence-electron chi connectivity index (χ1n) is 8.61. The van der Waals surface area contributed by atoms with E-state index in [2.05, 4.69) is 44.8 Å². The van der Waals surface area contributed by atoms with Gasteiger partial charge in [-0.3, -0.25) is 5.10 Å². The smallest absolute Gasteiger partial charge is 0.356 e. The minimum atomic E-state index is -1.01. The Kier molecular flexibility index (Phi) is 4.75. The van der Waals surface area contributed by atoms with Crippen molar-refractivity contribution in [3.05, 3.63) is 54.0 Å². The number of benzene rings is 1. The summed E-state index contributed by atoms with van der Waals surface area (Å²) in [4.78, 5) is 11.1. The fraction of sp³-hybridized carbons (Fsp3) is 0.333. The van der Waals surface area contributed by atoms with Gasteiger partial charge in [0.15, 0.2) is 10.7 Å². The molecule has 1 aliphatic carbocycles. The van der Waals surface area contributed by atoms with E-state index in [1.54, 1.807) is 6.20 Å². The van der Waals surface area contributed by atoms with Crippen LogP contribution in [0.5, 0.6) is 0 Å². The second kappa shape index (κ2) is 7.33. The Bertz CT molecular complexity index is 867. The molecule has 1 aliphatic rings. The molecule has 8 heteroatoms. The quantitative estimate of drug-likeness (QED) is 0.714. The van der Waals surface area contributed by atoms with Crippen molar-refractivity contribution in [2.24, 2.45) is 0 Å². The van der Waals surface area contributed by atoms with E-state index in [1.807, 2.05) is 16.9 Å². The van der Waals surface area contributed by atoms with Gasteiger partial charge in [-0.1, -0.05) is 29.1 Å². The summed E-state index contributed by atoms with van der Waals surface area (Å²) in [6.45, 7) is 0. The van der Waals surface area contributed by atoms with E-state index >= 15 is 0 Å². The fourth-order valence-corrected chi connectivity index (χ4v) is 4.60. The highest BCUT2D eigenvalue weighted by Gasteiger charge is 2.26. The number of nitrogens with one attached hydrogen (secondary N) is 1. The lowest BCUT2D eigenvalue weighted by Gasteiger charge is -2.28. The van der Waals surface area contributed by atoms with Gasteiger partial charge in [0.1, 0.15) is 0 Å². The van der Waals surface area contributed by atoms with E-state index in [-0.39, 0.29) is 5.69 Å². The van der Waals surface area contributed by atoms with Crippen LogP contribution in [0.3, 0.4) is 0 Å². The lowest BCUT2D eigenvalue weighted by atomic mass is 9.84. The van der Waals surface area contributed by atoms with Crippen LogP contribution in [-0.4, -0.2) is 41.5 Å². The van der Waals surface area contributed by atoms with E-state index in [4.69, 9.17) is 5.11 Å². The Morgan fingerprint density at radius 3 is 2.62 bits per heavy atom. The number of aromatic amines is 1. The maximum Gasteiger partial charge on any atom is 0.356 e. The average molecular weight is 369 g/mol. The highest BCUT2D eigenvalue weighted by molar-refractivity contribution is 7.99. The first-order valence-corrected chi connectivity index (χ1v) is 9.49. The maximum absolute atomic E-state index is 11.1. The number of hydrogen-bond acceptors (Lipinski definition) is 5. The molecule has 0 radical (unpaired) electrons. The van der Waals surface area contributed by atoms with E-state index in [1.165, 1.54) is 17.3 Å². The number of aromatic nitrogens is 5. The van der Waals surface area contributed by atoms with Crippen LogP contribution in [0.2, 0.25) is 0 Å². The molecule has 1 fully saturated rings. The number of carbonyl (C=O) groups is 1. The van der Waals surface area contributed by atoms with Crippen LogP contribution < -0.4 is 0 Å². The molecule has 7 nitrogen and oxygen atoms in total. The largest absolute Gasteiger partial charge is 0.476 e. The number of hydrogen-bond donors (Lipinski definition) is 2. The zero-order chi connectivity index (χ0) is 17.9. The summed E-state index contributed by atoms with van der Waals surface area (Å²) in [5, 5.41) is 24.2. The van der Waals surface area contributed by atoms with Crippen molar-refractivity contribution >= 4 is 17.7 Å². The van der Waals surface area contributed by atoms with E-state index in [0.29, 0.717) is 16.2 Å². The SMILES string of the molecule is O=C(O)c1[nH]nnc1S[C@H]1CC[C@H](c2ccc(-n3cccn3)cc2)CC1. The third-order valence-corrected chi connectivity index (χ3v) is 6.13. The number of rotatable bonds is 5. The number of aromatic carboxylic acids is 1. The van der Waals surface area contributed by atoms with Gasteiger partial charge in [0.05, 0.1) is 5.69 Å². The van der Waals surface area contributed by atoms with Crippen molar-refractivity contribution in [3.8, 4) is 5.69 Å². The van der Waals surface area contributed by atoms with Gasteiger partial charge in [0, 0.05) is 17.6 Å². The molecular formula is C18H19N5O2S. The second-order valence-electron chi connectivity index (χ2n) is 6.43. The van der Waals surface area contributed by atoms with E-state index in [0.717, 1.165) is 31.4 Å². The predicted octanol–water partition coefficient (Wildman–Crippen LogP) is 3.51. The third kappa shape index (κ3) is 3.50. The molecule has 0 spiro atoms. The molecule has 2 heterocycles. The standard InChI is InChI=1S/C18H19N5O2S/c24-18(25)16-17(21-22-20-16)26-15-8-4-13(5-9-15)12-2-6-14(7-3-12)23-11-1-10-19-23/h1-3,6-7,10-11,13,15H,4-5,8-9H2,(H,24,25)(H,20,21,22)/t13-,15-. The van der Waals surface area contributed by atoms with Crippen LogP contribution in [0.15, 0.2) is 47.8 Å². The van der Waals surface area contributed by atoms with E-state index < -0.39 is 5.97 Å². The van der Waals surface area contributed by atoms with Crippen LogP contribution in [0.4, 0.5) is 0 Å². The van der Waals surface area contributed by atoms with Gasteiger partial charge >= 0.3 is 5.97 Å². The molecule has 0 aliphatic heterocycles. The van der Waals surface area contributed by atoms with Gasteiger partial charge < -0.3 is 5.11 Å². The number of nitrogens with zero attached hydrogens (tertiary/aromatic N) is 4. The topological polar surface area (TPSA) is 96.7 Å². The normalized spacial score (nSPS) is 20.2. The molecule has 1 aromatic carbocycles. The summed E-state index contributed by atoms with van der Waals surface area (Å²) < 4.78 is 1.86. The van der Waals surface area contributed by atoms with Gasteiger partial charge in [0.25, 0.3) is 0 Å². The Hall–Kier alpha value is -2.61. The summed E-state index contributed by atoms with van der Waals surface area (Å²) in [6.07, 6.45) is 7.99. The van der Waals surface area contributed by atoms with Gasteiger partial charge in [-0.15, -0.1) is 5.10 Å². The Morgan fingerprint density at radius 1 is 1.19 bits per heavy atom. The Morgan fingerprint density at radius 2 is 1.96 bits per heavy atom. The molecule has 0 saturated heterocycles. The van der Waals surface area contributed by atoms with Crippen molar-refractivity contribution in [2.75, 3.05) is 0 Å². The highest BCUT2D eigenvalue weighted by atomic mass is 32.2. The number of carboxylic acid groups (broad SMARTS) is 1. The number of thioether (sulfide) groups is 1. The molecule has 3 aromatic rings. The van der Waals surface area contributed by atoms with Crippen LogP contribution in [-0.2, 0) is 0 Å². The first kappa shape index (κ1) is 16.8. The molecular weight excluding hydrogens is 350 g/mol. The molecule has 2 N–H and O–H groups in total. The molecule has 2 aromatic heterocycles. The van der Waals surface area contributed by atoms with Crippen molar-refractivity contribution < 1.29 is 9.90 Å². The number of carboxylic acids is 1. The fourth-order valence-electron chi connectivity index (χ4n) is 3.43. The van der Waals surface area contributed by atoms with Gasteiger partial charge in [-0.2, -0.15) is 5.10 Å². The van der Waals surface area contributed by atoms with Crippen molar-refractivity contribution in [2.45, 2.75) is 41.9 Å². The molecule has 1 saturated carbocycles. The highest BCUT2D eigenvalue weighted by Crippen LogP contribution is 2.40. The second-order valence-corrected chi connectivity index (χ2v) is 7.72. The molecule has 0 unspecified atom stereocenters. The van der Waals surface area contributed by atoms with Crippen molar-refractivity contribution in [3.63, 3.8) is 0 Å². The molecule has 0 amide bonds. The molecule has 0 bridgehead atoms. The summed E-state index contributed by atoms with van der Waals surface area (Å²) in [7, 11) is 0. The first-order chi connectivity index (χ1) is 12.7. The van der Waals surface area contributed by atoms with Crippen LogP contribution >= 0.6 is 11.8 Å².